The molecule has 0 amide bonds. The van der Waals surface area contributed by atoms with Crippen molar-refractivity contribution in [1.82, 2.24) is 20.2 Å². The SMILES string of the molecule is c1cc2c(cc1CN1CCc3nc(C4CCCN4)ncc3C1)OCCO2. The van der Waals surface area contributed by atoms with E-state index in [0.717, 1.165) is 56.3 Å². The normalized spacial score (nSPS) is 22.2. The minimum Gasteiger partial charge on any atom is -0.486 e. The molecule has 3 aliphatic heterocycles. The van der Waals surface area contributed by atoms with Crippen LogP contribution in [-0.2, 0) is 19.5 Å². The van der Waals surface area contributed by atoms with E-state index in [-0.39, 0.29) is 0 Å². The minimum absolute atomic E-state index is 0.344. The number of nitrogens with zero attached hydrogens (tertiary/aromatic N) is 3. The maximum Gasteiger partial charge on any atom is 0.161 e. The Morgan fingerprint density at radius 1 is 1.19 bits per heavy atom. The van der Waals surface area contributed by atoms with Crippen molar-refractivity contribution < 1.29 is 9.47 Å². The molecular weight excluding hydrogens is 328 g/mol. The van der Waals surface area contributed by atoms with Crippen LogP contribution in [0.1, 0.15) is 41.5 Å². The number of fused-ring (bicyclic) bond motifs is 2. The second kappa shape index (κ2) is 6.85. The van der Waals surface area contributed by atoms with Gasteiger partial charge >= 0.3 is 0 Å². The standard InChI is InChI=1S/C20H24N4O2/c1-2-17(21-6-1)20-22-11-15-13-24(7-5-16(15)23-20)12-14-3-4-18-19(10-14)26-9-8-25-18/h3-4,10-11,17,21H,1-2,5-9,12-13H2. The monoisotopic (exact) mass is 352 g/mol. The van der Waals surface area contributed by atoms with E-state index >= 15 is 0 Å². The predicted octanol–water partition coefficient (Wildman–Crippen LogP) is 2.23. The lowest BCUT2D eigenvalue weighted by atomic mass is 10.1. The second-order valence-electron chi connectivity index (χ2n) is 7.29. The molecule has 1 aromatic heterocycles. The molecule has 1 atom stereocenters. The number of hydrogen-bond acceptors (Lipinski definition) is 6. The van der Waals surface area contributed by atoms with E-state index in [9.17, 15) is 0 Å². The van der Waals surface area contributed by atoms with E-state index in [4.69, 9.17) is 14.5 Å². The molecule has 1 saturated heterocycles. The number of ether oxygens (including phenoxy) is 2. The van der Waals surface area contributed by atoms with Crippen molar-refractivity contribution in [3.63, 3.8) is 0 Å². The third-order valence-corrected chi connectivity index (χ3v) is 5.42. The number of hydrogen-bond donors (Lipinski definition) is 1. The van der Waals surface area contributed by atoms with E-state index in [1.165, 1.54) is 23.2 Å². The second-order valence-corrected chi connectivity index (χ2v) is 7.29. The van der Waals surface area contributed by atoms with Gasteiger partial charge in [0.05, 0.1) is 6.04 Å². The van der Waals surface area contributed by atoms with Gasteiger partial charge in [0.15, 0.2) is 11.5 Å². The molecule has 5 rings (SSSR count). The van der Waals surface area contributed by atoms with Gasteiger partial charge in [-0.25, -0.2) is 9.97 Å². The quantitative estimate of drug-likeness (QED) is 0.914. The van der Waals surface area contributed by atoms with Crippen LogP contribution in [-0.4, -0.2) is 41.2 Å². The van der Waals surface area contributed by atoms with E-state index < -0.39 is 0 Å². The Kier molecular flexibility index (Phi) is 4.22. The van der Waals surface area contributed by atoms with Gasteiger partial charge in [-0.2, -0.15) is 0 Å². The van der Waals surface area contributed by atoms with Crippen LogP contribution in [0.15, 0.2) is 24.4 Å². The fraction of sp³-hybridized carbons (Fsp3) is 0.500. The maximum absolute atomic E-state index is 5.70. The Bertz CT molecular complexity index is 804. The van der Waals surface area contributed by atoms with Gasteiger partial charge in [-0.1, -0.05) is 6.07 Å². The summed E-state index contributed by atoms with van der Waals surface area (Å²) in [5.41, 5.74) is 3.74. The summed E-state index contributed by atoms with van der Waals surface area (Å²) < 4.78 is 11.3. The lowest BCUT2D eigenvalue weighted by Crippen LogP contribution is -2.31. The summed E-state index contributed by atoms with van der Waals surface area (Å²) in [7, 11) is 0. The number of benzene rings is 1. The Hall–Kier alpha value is -2.18. The topological polar surface area (TPSA) is 59.5 Å². The molecule has 1 fully saturated rings. The van der Waals surface area contributed by atoms with Crippen LogP contribution in [0.4, 0.5) is 0 Å². The average molecular weight is 352 g/mol. The first-order chi connectivity index (χ1) is 12.8. The Morgan fingerprint density at radius 3 is 3.00 bits per heavy atom. The number of aromatic nitrogens is 2. The first-order valence-corrected chi connectivity index (χ1v) is 9.54. The van der Waals surface area contributed by atoms with Crippen LogP contribution < -0.4 is 14.8 Å². The molecule has 26 heavy (non-hydrogen) atoms. The van der Waals surface area contributed by atoms with Crippen LogP contribution in [0.5, 0.6) is 11.5 Å². The van der Waals surface area contributed by atoms with Gasteiger partial charge in [-0.05, 0) is 37.1 Å². The smallest absolute Gasteiger partial charge is 0.161 e. The maximum atomic E-state index is 5.70. The molecule has 1 aromatic carbocycles. The van der Waals surface area contributed by atoms with Gasteiger partial charge in [0, 0.05) is 43.5 Å². The van der Waals surface area contributed by atoms with Crippen LogP contribution in [0.2, 0.25) is 0 Å². The molecule has 6 nitrogen and oxygen atoms in total. The molecule has 0 spiro atoms. The van der Waals surface area contributed by atoms with Crippen molar-refractivity contribution in [3.8, 4) is 11.5 Å². The first kappa shape index (κ1) is 16.0. The molecule has 2 aromatic rings. The van der Waals surface area contributed by atoms with E-state index in [0.29, 0.717) is 19.3 Å². The molecule has 0 bridgehead atoms. The van der Waals surface area contributed by atoms with Gasteiger partial charge in [0.2, 0.25) is 0 Å². The zero-order chi connectivity index (χ0) is 17.3. The molecule has 136 valence electrons. The molecule has 1 unspecified atom stereocenters. The molecular formula is C20H24N4O2. The van der Waals surface area contributed by atoms with Gasteiger partial charge in [-0.3, -0.25) is 4.90 Å². The van der Waals surface area contributed by atoms with Gasteiger partial charge < -0.3 is 14.8 Å². The molecule has 0 radical (unpaired) electrons. The number of rotatable bonds is 3. The van der Waals surface area contributed by atoms with E-state index in [1.54, 1.807) is 0 Å². The third-order valence-electron chi connectivity index (χ3n) is 5.42. The van der Waals surface area contributed by atoms with Crippen molar-refractivity contribution in [3.05, 3.63) is 47.0 Å². The highest BCUT2D eigenvalue weighted by atomic mass is 16.6. The largest absolute Gasteiger partial charge is 0.486 e. The number of nitrogens with one attached hydrogen (secondary N) is 1. The van der Waals surface area contributed by atoms with Gasteiger partial charge in [0.25, 0.3) is 0 Å². The highest BCUT2D eigenvalue weighted by molar-refractivity contribution is 5.43. The van der Waals surface area contributed by atoms with Crippen molar-refractivity contribution in [2.75, 3.05) is 26.3 Å². The van der Waals surface area contributed by atoms with Crippen LogP contribution >= 0.6 is 0 Å². The fourth-order valence-electron chi connectivity index (χ4n) is 4.04. The molecule has 0 saturated carbocycles. The van der Waals surface area contributed by atoms with Crippen LogP contribution in [0.25, 0.3) is 0 Å². The summed E-state index contributed by atoms with van der Waals surface area (Å²) in [6.45, 7) is 5.17. The zero-order valence-electron chi connectivity index (χ0n) is 14.9. The van der Waals surface area contributed by atoms with Crippen LogP contribution in [0, 0.1) is 0 Å². The molecule has 1 N–H and O–H groups in total. The summed E-state index contributed by atoms with van der Waals surface area (Å²) in [6, 6.07) is 6.60. The molecule has 4 heterocycles. The summed E-state index contributed by atoms with van der Waals surface area (Å²) in [4.78, 5) is 11.9. The Labute approximate surface area is 153 Å². The zero-order valence-corrected chi connectivity index (χ0v) is 14.9. The highest BCUT2D eigenvalue weighted by Gasteiger charge is 2.23. The lowest BCUT2D eigenvalue weighted by Gasteiger charge is -2.29. The van der Waals surface area contributed by atoms with Crippen LogP contribution in [0.3, 0.4) is 0 Å². The predicted molar refractivity (Wildman–Crippen MR) is 97.3 cm³/mol. The van der Waals surface area contributed by atoms with Crippen molar-refractivity contribution >= 4 is 0 Å². The van der Waals surface area contributed by atoms with E-state index in [2.05, 4.69) is 27.3 Å². The minimum atomic E-state index is 0.344. The summed E-state index contributed by atoms with van der Waals surface area (Å²) >= 11 is 0. The lowest BCUT2D eigenvalue weighted by molar-refractivity contribution is 0.171. The van der Waals surface area contributed by atoms with Crippen molar-refractivity contribution in [1.29, 1.82) is 0 Å². The van der Waals surface area contributed by atoms with Crippen molar-refractivity contribution in [2.24, 2.45) is 0 Å². The Balaban J connectivity index is 1.28. The van der Waals surface area contributed by atoms with Gasteiger partial charge in [0.1, 0.15) is 19.0 Å². The first-order valence-electron chi connectivity index (χ1n) is 9.54. The van der Waals surface area contributed by atoms with Crippen molar-refractivity contribution in [2.45, 2.75) is 38.4 Å². The van der Waals surface area contributed by atoms with E-state index in [1.807, 2.05) is 12.3 Å². The summed E-state index contributed by atoms with van der Waals surface area (Å²) in [6.07, 6.45) is 5.39. The summed E-state index contributed by atoms with van der Waals surface area (Å²) in [5, 5.41) is 3.49. The highest BCUT2D eigenvalue weighted by Crippen LogP contribution is 2.31. The molecule has 3 aliphatic rings. The average Bonchev–Trinajstić information content (AvgIpc) is 3.22. The summed E-state index contributed by atoms with van der Waals surface area (Å²) in [5.74, 6) is 2.69. The Morgan fingerprint density at radius 2 is 2.12 bits per heavy atom. The fourth-order valence-corrected chi connectivity index (χ4v) is 4.04. The third kappa shape index (κ3) is 3.15. The van der Waals surface area contributed by atoms with Gasteiger partial charge in [-0.15, -0.1) is 0 Å². The molecule has 6 heteroatoms. The molecule has 0 aliphatic carbocycles.